The molecular formula is C22H27N5O3S. The van der Waals surface area contributed by atoms with Gasteiger partial charge in [-0.2, -0.15) is 5.10 Å². The third kappa shape index (κ3) is 4.41. The zero-order valence-electron chi connectivity index (χ0n) is 18.0. The zero-order chi connectivity index (χ0) is 22.0. The van der Waals surface area contributed by atoms with Crippen LogP contribution in [0.5, 0.6) is 0 Å². The number of rotatable bonds is 5. The van der Waals surface area contributed by atoms with Crippen LogP contribution in [0.3, 0.4) is 0 Å². The Morgan fingerprint density at radius 3 is 2.74 bits per heavy atom. The summed E-state index contributed by atoms with van der Waals surface area (Å²) in [5, 5.41) is 10.4. The smallest absolute Gasteiger partial charge is 0.409 e. The third-order valence-corrected chi connectivity index (χ3v) is 6.32. The van der Waals surface area contributed by atoms with Crippen molar-refractivity contribution in [2.45, 2.75) is 45.7 Å². The highest BCUT2D eigenvalue weighted by Crippen LogP contribution is 2.29. The fourth-order valence-electron chi connectivity index (χ4n) is 3.82. The number of carbonyl (C=O) groups is 2. The Kier molecular flexibility index (Phi) is 6.22. The first-order chi connectivity index (χ1) is 15.0. The number of aromatic nitrogens is 3. The molecule has 0 bridgehead atoms. The van der Waals surface area contributed by atoms with Crippen LogP contribution < -0.4 is 5.32 Å². The van der Waals surface area contributed by atoms with Gasteiger partial charge >= 0.3 is 6.09 Å². The topological polar surface area (TPSA) is 89.3 Å². The Labute approximate surface area is 185 Å². The molecule has 8 nitrogen and oxygen atoms in total. The van der Waals surface area contributed by atoms with E-state index in [0.717, 1.165) is 16.0 Å². The van der Waals surface area contributed by atoms with Crippen LogP contribution >= 0.6 is 11.3 Å². The Morgan fingerprint density at radius 1 is 1.32 bits per heavy atom. The number of amides is 2. The van der Waals surface area contributed by atoms with E-state index in [1.165, 1.54) is 0 Å². The first-order valence-corrected chi connectivity index (χ1v) is 11.5. The van der Waals surface area contributed by atoms with Gasteiger partial charge in [-0.1, -0.05) is 6.07 Å². The summed E-state index contributed by atoms with van der Waals surface area (Å²) in [4.78, 5) is 32.7. The van der Waals surface area contributed by atoms with Gasteiger partial charge < -0.3 is 15.0 Å². The summed E-state index contributed by atoms with van der Waals surface area (Å²) in [6.45, 7) is 7.39. The molecule has 1 aliphatic rings. The number of likely N-dealkylation sites (tertiary alicyclic amines) is 1. The number of pyridine rings is 1. The van der Waals surface area contributed by atoms with E-state index in [4.69, 9.17) is 9.72 Å². The molecule has 0 spiro atoms. The number of hydrogen-bond donors (Lipinski definition) is 1. The van der Waals surface area contributed by atoms with Gasteiger partial charge in [0.1, 0.15) is 0 Å². The predicted molar refractivity (Wildman–Crippen MR) is 120 cm³/mol. The number of carbonyl (C=O) groups excluding carboxylic acids is 2. The van der Waals surface area contributed by atoms with Crippen LogP contribution in [-0.2, 0) is 4.74 Å². The fraction of sp³-hybridized carbons (Fsp3) is 0.455. The molecule has 0 saturated carbocycles. The highest BCUT2D eigenvalue weighted by molar-refractivity contribution is 7.13. The molecule has 0 aliphatic carbocycles. The van der Waals surface area contributed by atoms with E-state index in [9.17, 15) is 9.59 Å². The van der Waals surface area contributed by atoms with Gasteiger partial charge in [-0.3, -0.25) is 4.79 Å². The van der Waals surface area contributed by atoms with Crippen molar-refractivity contribution in [2.24, 2.45) is 0 Å². The number of piperidine rings is 1. The molecular weight excluding hydrogens is 414 g/mol. The van der Waals surface area contributed by atoms with Gasteiger partial charge in [0.15, 0.2) is 5.65 Å². The molecule has 1 N–H and O–H groups in total. The molecule has 0 unspecified atom stereocenters. The van der Waals surface area contributed by atoms with Crippen LogP contribution in [0.4, 0.5) is 4.79 Å². The third-order valence-electron chi connectivity index (χ3n) is 5.43. The average Bonchev–Trinajstić information content (AvgIpc) is 3.43. The predicted octanol–water partition coefficient (Wildman–Crippen LogP) is 4.09. The summed E-state index contributed by atoms with van der Waals surface area (Å²) in [5.74, 6) is -0.136. The van der Waals surface area contributed by atoms with Gasteiger partial charge in [0, 0.05) is 25.2 Å². The van der Waals surface area contributed by atoms with Crippen LogP contribution in [0.15, 0.2) is 29.8 Å². The number of nitrogens with one attached hydrogen (secondary N) is 1. The summed E-state index contributed by atoms with van der Waals surface area (Å²) in [7, 11) is 0. The van der Waals surface area contributed by atoms with Crippen molar-refractivity contribution in [2.75, 3.05) is 19.7 Å². The van der Waals surface area contributed by atoms with E-state index in [-0.39, 0.29) is 24.1 Å². The summed E-state index contributed by atoms with van der Waals surface area (Å²) < 4.78 is 6.92. The maximum atomic E-state index is 13.3. The van der Waals surface area contributed by atoms with Crippen molar-refractivity contribution in [3.8, 4) is 10.6 Å². The van der Waals surface area contributed by atoms with Crippen LogP contribution in [0, 0.1) is 0 Å². The van der Waals surface area contributed by atoms with Crippen LogP contribution in [0.25, 0.3) is 21.6 Å². The largest absolute Gasteiger partial charge is 0.450 e. The van der Waals surface area contributed by atoms with Crippen molar-refractivity contribution in [1.82, 2.24) is 25.0 Å². The number of fused-ring (bicyclic) bond motifs is 1. The van der Waals surface area contributed by atoms with E-state index >= 15 is 0 Å². The lowest BCUT2D eigenvalue weighted by Crippen LogP contribution is -2.46. The van der Waals surface area contributed by atoms with E-state index in [2.05, 4.69) is 10.4 Å². The summed E-state index contributed by atoms with van der Waals surface area (Å²) in [6, 6.07) is 5.96. The second-order valence-corrected chi connectivity index (χ2v) is 8.83. The van der Waals surface area contributed by atoms with Crippen molar-refractivity contribution < 1.29 is 14.3 Å². The Hall–Kier alpha value is -2.94. The molecule has 9 heteroatoms. The molecule has 3 aromatic rings. The quantitative estimate of drug-likeness (QED) is 0.644. The molecule has 2 amide bonds. The number of nitrogens with zero attached hydrogens (tertiary/aromatic N) is 4. The average molecular weight is 442 g/mol. The molecule has 164 valence electrons. The van der Waals surface area contributed by atoms with Crippen molar-refractivity contribution in [3.63, 3.8) is 0 Å². The van der Waals surface area contributed by atoms with E-state index in [1.54, 1.807) is 29.4 Å². The second kappa shape index (κ2) is 9.05. The van der Waals surface area contributed by atoms with Crippen molar-refractivity contribution in [1.29, 1.82) is 0 Å². The van der Waals surface area contributed by atoms with Gasteiger partial charge in [-0.15, -0.1) is 11.3 Å². The lowest BCUT2D eigenvalue weighted by atomic mass is 10.0. The molecule has 31 heavy (non-hydrogen) atoms. The molecule has 4 heterocycles. The normalized spacial score (nSPS) is 14.9. The Bertz CT molecular complexity index is 1070. The van der Waals surface area contributed by atoms with Gasteiger partial charge in [0.2, 0.25) is 0 Å². The van der Waals surface area contributed by atoms with E-state index in [0.29, 0.717) is 43.7 Å². The fourth-order valence-corrected chi connectivity index (χ4v) is 4.50. The summed E-state index contributed by atoms with van der Waals surface area (Å²) in [6.07, 6.45) is 2.83. The molecule has 1 saturated heterocycles. The zero-order valence-corrected chi connectivity index (χ0v) is 18.8. The van der Waals surface area contributed by atoms with Crippen LogP contribution in [-0.4, -0.2) is 57.4 Å². The van der Waals surface area contributed by atoms with Crippen LogP contribution in [0.1, 0.15) is 50.0 Å². The minimum Gasteiger partial charge on any atom is -0.450 e. The minimum absolute atomic E-state index is 0.00623. The summed E-state index contributed by atoms with van der Waals surface area (Å²) in [5.41, 5.74) is 2.06. The first-order valence-electron chi connectivity index (χ1n) is 10.6. The van der Waals surface area contributed by atoms with Gasteiger partial charge in [-0.05, 0) is 51.1 Å². The lowest BCUT2D eigenvalue weighted by molar-refractivity contribution is 0.0861. The van der Waals surface area contributed by atoms with E-state index < -0.39 is 0 Å². The molecule has 3 aromatic heterocycles. The lowest BCUT2D eigenvalue weighted by Gasteiger charge is -2.31. The Morgan fingerprint density at radius 2 is 2.10 bits per heavy atom. The summed E-state index contributed by atoms with van der Waals surface area (Å²) >= 11 is 1.59. The highest BCUT2D eigenvalue weighted by Gasteiger charge is 2.26. The monoisotopic (exact) mass is 441 g/mol. The Balaban J connectivity index is 1.57. The standard InChI is InChI=1S/C22H27N5O3S/c1-4-30-22(29)26-9-7-15(8-10-26)24-21(28)16-12-18(19-6-5-11-31-19)25-20-17(16)13-23-27(20)14(2)3/h5-6,11-15H,4,7-10H2,1-3H3,(H,24,28). The minimum atomic E-state index is -0.287. The number of ether oxygens (including phenoxy) is 1. The highest BCUT2D eigenvalue weighted by atomic mass is 32.1. The van der Waals surface area contributed by atoms with Crippen LogP contribution in [0.2, 0.25) is 0 Å². The molecule has 1 aliphatic heterocycles. The molecule has 0 atom stereocenters. The van der Waals surface area contributed by atoms with Crippen molar-refractivity contribution >= 4 is 34.4 Å². The SMILES string of the molecule is CCOC(=O)N1CCC(NC(=O)c2cc(-c3cccs3)nc3c2cnn3C(C)C)CC1. The first kappa shape index (κ1) is 21.3. The van der Waals surface area contributed by atoms with E-state index in [1.807, 2.05) is 42.1 Å². The molecule has 0 radical (unpaired) electrons. The number of thiophene rings is 1. The van der Waals surface area contributed by atoms with Crippen molar-refractivity contribution in [3.05, 3.63) is 35.3 Å². The van der Waals surface area contributed by atoms with Gasteiger partial charge in [-0.25, -0.2) is 14.5 Å². The molecule has 4 rings (SSSR count). The maximum absolute atomic E-state index is 13.3. The number of hydrogen-bond acceptors (Lipinski definition) is 6. The molecule has 1 fully saturated rings. The molecule has 0 aromatic carbocycles. The van der Waals surface area contributed by atoms with Gasteiger partial charge in [0.25, 0.3) is 5.91 Å². The second-order valence-electron chi connectivity index (χ2n) is 7.89. The maximum Gasteiger partial charge on any atom is 0.409 e. The van der Waals surface area contributed by atoms with Gasteiger partial charge in [0.05, 0.1) is 34.3 Å².